The van der Waals surface area contributed by atoms with Crippen LogP contribution < -0.4 is 0 Å². The fourth-order valence-corrected chi connectivity index (χ4v) is 3.02. The first-order valence-corrected chi connectivity index (χ1v) is 8.00. The molecule has 0 aromatic carbocycles. The molecular formula is C15H20N4O4. The standard InChI is InChI=1S/C15H20N4O4/c1-9(2)12-16-11(23-17-12)8-18-13(20)14(21)19(15(18)22)10-6-4-3-5-7-10/h9-10H,3-8H2,1-2H3. The van der Waals surface area contributed by atoms with Crippen molar-refractivity contribution in [1.82, 2.24) is 19.9 Å². The molecule has 1 saturated carbocycles. The third-order valence-corrected chi connectivity index (χ3v) is 4.32. The highest BCUT2D eigenvalue weighted by Crippen LogP contribution is 2.27. The summed E-state index contributed by atoms with van der Waals surface area (Å²) in [6.45, 7) is 3.66. The molecule has 23 heavy (non-hydrogen) atoms. The molecule has 124 valence electrons. The lowest BCUT2D eigenvalue weighted by Gasteiger charge is -2.28. The third-order valence-electron chi connectivity index (χ3n) is 4.32. The van der Waals surface area contributed by atoms with Gasteiger partial charge in [-0.3, -0.25) is 14.5 Å². The normalized spacial score (nSPS) is 20.2. The first-order chi connectivity index (χ1) is 11.0. The Morgan fingerprint density at radius 1 is 1.13 bits per heavy atom. The van der Waals surface area contributed by atoms with Gasteiger partial charge in [-0.25, -0.2) is 9.69 Å². The molecule has 4 amide bonds. The second kappa shape index (κ2) is 6.10. The van der Waals surface area contributed by atoms with Crippen LogP contribution in [0.3, 0.4) is 0 Å². The van der Waals surface area contributed by atoms with Gasteiger partial charge in [-0.05, 0) is 12.8 Å². The predicted molar refractivity (Wildman–Crippen MR) is 78.1 cm³/mol. The molecular weight excluding hydrogens is 300 g/mol. The van der Waals surface area contributed by atoms with Gasteiger partial charge in [0, 0.05) is 12.0 Å². The van der Waals surface area contributed by atoms with Crippen molar-refractivity contribution >= 4 is 17.8 Å². The number of aromatic nitrogens is 2. The molecule has 0 unspecified atom stereocenters. The monoisotopic (exact) mass is 320 g/mol. The Labute approximate surface area is 133 Å². The van der Waals surface area contributed by atoms with Crippen molar-refractivity contribution in [3.8, 4) is 0 Å². The van der Waals surface area contributed by atoms with E-state index in [1.54, 1.807) is 0 Å². The maximum absolute atomic E-state index is 12.5. The zero-order chi connectivity index (χ0) is 16.6. The molecule has 1 saturated heterocycles. The smallest absolute Gasteiger partial charge is 0.334 e. The number of hydrogen-bond donors (Lipinski definition) is 0. The van der Waals surface area contributed by atoms with Crippen molar-refractivity contribution in [2.24, 2.45) is 0 Å². The zero-order valence-electron chi connectivity index (χ0n) is 13.3. The summed E-state index contributed by atoms with van der Waals surface area (Å²) in [5.74, 6) is -0.809. The number of carbonyl (C=O) groups excluding carboxylic acids is 3. The van der Waals surface area contributed by atoms with Gasteiger partial charge in [0.05, 0.1) is 0 Å². The van der Waals surface area contributed by atoms with Crippen molar-refractivity contribution in [3.05, 3.63) is 11.7 Å². The lowest BCUT2D eigenvalue weighted by Crippen LogP contribution is -2.42. The Bertz CT molecular complexity index is 633. The number of nitrogens with zero attached hydrogens (tertiary/aromatic N) is 4. The average Bonchev–Trinajstić information content (AvgIpc) is 3.08. The van der Waals surface area contributed by atoms with E-state index in [1.165, 1.54) is 0 Å². The summed E-state index contributed by atoms with van der Waals surface area (Å²) < 4.78 is 5.06. The summed E-state index contributed by atoms with van der Waals surface area (Å²) in [5, 5.41) is 3.80. The van der Waals surface area contributed by atoms with E-state index in [0.29, 0.717) is 5.82 Å². The first-order valence-electron chi connectivity index (χ1n) is 8.00. The van der Waals surface area contributed by atoms with Crippen LogP contribution in [-0.2, 0) is 16.1 Å². The average molecular weight is 320 g/mol. The topological polar surface area (TPSA) is 96.6 Å². The molecule has 8 nitrogen and oxygen atoms in total. The second-order valence-corrected chi connectivity index (χ2v) is 6.34. The molecule has 0 radical (unpaired) electrons. The van der Waals surface area contributed by atoms with E-state index in [2.05, 4.69) is 10.1 Å². The predicted octanol–water partition coefficient (Wildman–Crippen LogP) is 1.82. The molecule has 0 atom stereocenters. The van der Waals surface area contributed by atoms with Gasteiger partial charge in [0.25, 0.3) is 0 Å². The van der Waals surface area contributed by atoms with Crippen LogP contribution in [0.5, 0.6) is 0 Å². The van der Waals surface area contributed by atoms with E-state index in [0.717, 1.165) is 41.9 Å². The van der Waals surface area contributed by atoms with Crippen molar-refractivity contribution in [3.63, 3.8) is 0 Å². The van der Waals surface area contributed by atoms with Gasteiger partial charge in [-0.15, -0.1) is 0 Å². The van der Waals surface area contributed by atoms with E-state index in [4.69, 9.17) is 4.52 Å². The molecule has 0 spiro atoms. The van der Waals surface area contributed by atoms with Crippen LogP contribution in [-0.4, -0.2) is 43.8 Å². The fourth-order valence-electron chi connectivity index (χ4n) is 3.02. The molecule has 0 N–H and O–H groups in total. The van der Waals surface area contributed by atoms with Gasteiger partial charge in [-0.1, -0.05) is 38.3 Å². The number of urea groups is 1. The van der Waals surface area contributed by atoms with Crippen LogP contribution in [0.2, 0.25) is 0 Å². The maximum atomic E-state index is 12.5. The molecule has 8 heteroatoms. The fraction of sp³-hybridized carbons (Fsp3) is 0.667. The number of amides is 4. The number of imide groups is 2. The molecule has 1 aromatic rings. The van der Waals surface area contributed by atoms with E-state index < -0.39 is 17.8 Å². The van der Waals surface area contributed by atoms with E-state index >= 15 is 0 Å². The van der Waals surface area contributed by atoms with Crippen molar-refractivity contribution in [2.45, 2.75) is 64.5 Å². The molecule has 1 aliphatic heterocycles. The summed E-state index contributed by atoms with van der Waals surface area (Å²) >= 11 is 0. The maximum Gasteiger partial charge on any atom is 0.334 e. The Hall–Kier alpha value is -2.25. The molecule has 0 bridgehead atoms. The lowest BCUT2D eigenvalue weighted by molar-refractivity contribution is -0.144. The minimum Gasteiger partial charge on any atom is -0.337 e. The van der Waals surface area contributed by atoms with Gasteiger partial charge in [-0.2, -0.15) is 4.98 Å². The van der Waals surface area contributed by atoms with Gasteiger partial charge >= 0.3 is 17.8 Å². The molecule has 1 aromatic heterocycles. The Balaban J connectivity index is 1.75. The van der Waals surface area contributed by atoms with Gasteiger partial charge in [0.2, 0.25) is 5.89 Å². The number of carbonyl (C=O) groups is 3. The summed E-state index contributed by atoms with van der Waals surface area (Å²) in [5.41, 5.74) is 0. The zero-order valence-corrected chi connectivity index (χ0v) is 13.3. The third kappa shape index (κ3) is 2.85. The highest BCUT2D eigenvalue weighted by atomic mass is 16.5. The van der Waals surface area contributed by atoms with Gasteiger partial charge < -0.3 is 4.52 Å². The van der Waals surface area contributed by atoms with E-state index in [1.807, 2.05) is 13.8 Å². The van der Waals surface area contributed by atoms with Crippen LogP contribution in [0, 0.1) is 0 Å². The minimum atomic E-state index is -0.815. The van der Waals surface area contributed by atoms with E-state index in [9.17, 15) is 14.4 Å². The van der Waals surface area contributed by atoms with Crippen LogP contribution in [0.15, 0.2) is 4.52 Å². The van der Waals surface area contributed by atoms with Crippen molar-refractivity contribution < 1.29 is 18.9 Å². The highest BCUT2D eigenvalue weighted by molar-refractivity contribution is 6.44. The SMILES string of the molecule is CC(C)c1noc(CN2C(=O)C(=O)N(C3CCCCC3)C2=O)n1. The number of rotatable bonds is 4. The Morgan fingerprint density at radius 2 is 1.83 bits per heavy atom. The lowest BCUT2D eigenvalue weighted by atomic mass is 9.94. The molecule has 2 heterocycles. The summed E-state index contributed by atoms with van der Waals surface area (Å²) in [6.07, 6.45) is 4.56. The Morgan fingerprint density at radius 3 is 2.43 bits per heavy atom. The van der Waals surface area contributed by atoms with Crippen LogP contribution in [0.1, 0.15) is 63.6 Å². The Kier molecular flexibility index (Phi) is 4.14. The molecule has 3 rings (SSSR count). The van der Waals surface area contributed by atoms with Crippen molar-refractivity contribution in [1.29, 1.82) is 0 Å². The van der Waals surface area contributed by atoms with Crippen molar-refractivity contribution in [2.75, 3.05) is 0 Å². The summed E-state index contributed by atoms with van der Waals surface area (Å²) in [6, 6.07) is -0.747. The van der Waals surface area contributed by atoms with E-state index in [-0.39, 0.29) is 24.4 Å². The first kappa shape index (κ1) is 15.6. The second-order valence-electron chi connectivity index (χ2n) is 6.34. The van der Waals surface area contributed by atoms with Gasteiger partial charge in [0.1, 0.15) is 6.54 Å². The van der Waals surface area contributed by atoms with Crippen LogP contribution in [0.25, 0.3) is 0 Å². The highest BCUT2D eigenvalue weighted by Gasteiger charge is 2.48. The quantitative estimate of drug-likeness (QED) is 0.620. The van der Waals surface area contributed by atoms with Crippen LogP contribution >= 0.6 is 0 Å². The van der Waals surface area contributed by atoms with Gasteiger partial charge in [0.15, 0.2) is 5.82 Å². The molecule has 2 aliphatic rings. The molecule has 2 fully saturated rings. The summed E-state index contributed by atoms with van der Waals surface area (Å²) in [4.78, 5) is 43.0. The summed E-state index contributed by atoms with van der Waals surface area (Å²) in [7, 11) is 0. The molecule has 1 aliphatic carbocycles. The van der Waals surface area contributed by atoms with Crippen LogP contribution in [0.4, 0.5) is 4.79 Å². The number of hydrogen-bond acceptors (Lipinski definition) is 6. The largest absolute Gasteiger partial charge is 0.337 e. The minimum absolute atomic E-state index is 0.0813.